The predicted octanol–water partition coefficient (Wildman–Crippen LogP) is 0.111. The molecule has 0 heterocycles. The monoisotopic (exact) mass is 309 g/mol. The van der Waals surface area contributed by atoms with E-state index in [1.165, 1.54) is 14.2 Å². The Hall–Kier alpha value is -2.28. The number of ether oxygens (including phenoxy) is 2. The fraction of sp³-hybridized carbons (Fsp3) is 0.467. The number of carbonyl (C=O) groups is 2. The van der Waals surface area contributed by atoms with Gasteiger partial charge in [-0.15, -0.1) is 0 Å². The van der Waals surface area contributed by atoms with E-state index in [-0.39, 0.29) is 18.0 Å². The zero-order valence-corrected chi connectivity index (χ0v) is 13.4. The van der Waals surface area contributed by atoms with Crippen molar-refractivity contribution in [1.82, 2.24) is 15.5 Å². The van der Waals surface area contributed by atoms with Crippen molar-refractivity contribution >= 4 is 11.8 Å². The van der Waals surface area contributed by atoms with Crippen molar-refractivity contribution in [3.05, 3.63) is 23.8 Å². The molecule has 0 fully saturated rings. The third kappa shape index (κ3) is 5.25. The van der Waals surface area contributed by atoms with E-state index in [2.05, 4.69) is 10.6 Å². The Kier molecular flexibility index (Phi) is 7.18. The number of amides is 2. The third-order valence-corrected chi connectivity index (χ3v) is 2.95. The quantitative estimate of drug-likeness (QED) is 0.712. The van der Waals surface area contributed by atoms with Crippen LogP contribution in [0.25, 0.3) is 0 Å². The summed E-state index contributed by atoms with van der Waals surface area (Å²) in [5.74, 6) is 0.121. The molecule has 2 N–H and O–H groups in total. The molecule has 0 radical (unpaired) electrons. The zero-order chi connectivity index (χ0) is 16.5. The summed E-state index contributed by atoms with van der Waals surface area (Å²) < 4.78 is 10.3. The molecule has 1 aromatic carbocycles. The summed E-state index contributed by atoms with van der Waals surface area (Å²) in [6.45, 7) is 1.16. The van der Waals surface area contributed by atoms with Gasteiger partial charge < -0.3 is 25.0 Å². The van der Waals surface area contributed by atoms with Crippen molar-refractivity contribution in [2.45, 2.75) is 0 Å². The van der Waals surface area contributed by atoms with Crippen LogP contribution in [0.15, 0.2) is 18.2 Å². The molecule has 1 aromatic rings. The SMILES string of the molecule is COc1cccc(OC)c1C(=O)NCC(=O)NCCN(C)C. The van der Waals surface area contributed by atoms with Crippen LogP contribution in [0.1, 0.15) is 10.4 Å². The van der Waals surface area contributed by atoms with Crippen LogP contribution in [0.3, 0.4) is 0 Å². The van der Waals surface area contributed by atoms with Gasteiger partial charge >= 0.3 is 0 Å². The van der Waals surface area contributed by atoms with E-state index < -0.39 is 5.91 Å². The number of rotatable bonds is 8. The van der Waals surface area contributed by atoms with Gasteiger partial charge in [0.15, 0.2) is 0 Å². The second-order valence-corrected chi connectivity index (χ2v) is 4.87. The number of carbonyl (C=O) groups excluding carboxylic acids is 2. The van der Waals surface area contributed by atoms with Crippen LogP contribution in [0, 0.1) is 0 Å². The number of benzene rings is 1. The first-order chi connectivity index (χ1) is 10.5. The molecule has 0 saturated carbocycles. The second-order valence-electron chi connectivity index (χ2n) is 4.87. The number of nitrogens with one attached hydrogen (secondary N) is 2. The lowest BCUT2D eigenvalue weighted by Gasteiger charge is -2.13. The van der Waals surface area contributed by atoms with E-state index in [0.29, 0.717) is 18.0 Å². The molecular weight excluding hydrogens is 286 g/mol. The maximum Gasteiger partial charge on any atom is 0.259 e. The number of hydrogen-bond donors (Lipinski definition) is 2. The highest BCUT2D eigenvalue weighted by Crippen LogP contribution is 2.27. The summed E-state index contributed by atoms with van der Waals surface area (Å²) in [4.78, 5) is 25.9. The van der Waals surface area contributed by atoms with Gasteiger partial charge in [-0.2, -0.15) is 0 Å². The van der Waals surface area contributed by atoms with E-state index in [0.717, 1.165) is 6.54 Å². The van der Waals surface area contributed by atoms with Crippen molar-refractivity contribution in [3.63, 3.8) is 0 Å². The molecule has 0 unspecified atom stereocenters. The fourth-order valence-electron chi connectivity index (χ4n) is 1.81. The highest BCUT2D eigenvalue weighted by atomic mass is 16.5. The van der Waals surface area contributed by atoms with Crippen LogP contribution < -0.4 is 20.1 Å². The maximum absolute atomic E-state index is 12.2. The van der Waals surface area contributed by atoms with Gasteiger partial charge in [-0.1, -0.05) is 6.07 Å². The van der Waals surface area contributed by atoms with Gasteiger partial charge in [0, 0.05) is 13.1 Å². The van der Waals surface area contributed by atoms with Crippen molar-refractivity contribution in [2.75, 3.05) is 47.9 Å². The number of nitrogens with zero attached hydrogens (tertiary/aromatic N) is 1. The van der Waals surface area contributed by atoms with Crippen molar-refractivity contribution in [3.8, 4) is 11.5 Å². The molecule has 0 aliphatic heterocycles. The van der Waals surface area contributed by atoms with E-state index in [9.17, 15) is 9.59 Å². The van der Waals surface area contributed by atoms with E-state index in [4.69, 9.17) is 9.47 Å². The first-order valence-corrected chi connectivity index (χ1v) is 6.90. The Morgan fingerprint density at radius 2 is 1.68 bits per heavy atom. The minimum Gasteiger partial charge on any atom is -0.496 e. The average molecular weight is 309 g/mol. The lowest BCUT2D eigenvalue weighted by atomic mass is 10.1. The molecule has 7 heteroatoms. The highest BCUT2D eigenvalue weighted by Gasteiger charge is 2.18. The van der Waals surface area contributed by atoms with Gasteiger partial charge in [0.2, 0.25) is 5.91 Å². The van der Waals surface area contributed by atoms with Crippen LogP contribution in [0.2, 0.25) is 0 Å². The molecule has 0 atom stereocenters. The standard InChI is InChI=1S/C15H23N3O4/c1-18(2)9-8-16-13(19)10-17-15(20)14-11(21-3)6-5-7-12(14)22-4/h5-7H,8-10H2,1-4H3,(H,16,19)(H,17,20). The van der Waals surface area contributed by atoms with E-state index >= 15 is 0 Å². The zero-order valence-electron chi connectivity index (χ0n) is 13.4. The molecule has 0 bridgehead atoms. The Bertz CT molecular complexity index is 495. The first kappa shape index (κ1) is 17.8. The number of hydrogen-bond acceptors (Lipinski definition) is 5. The predicted molar refractivity (Wildman–Crippen MR) is 83.4 cm³/mol. The molecular formula is C15H23N3O4. The summed E-state index contributed by atoms with van der Waals surface area (Å²) in [6.07, 6.45) is 0. The Morgan fingerprint density at radius 3 is 2.18 bits per heavy atom. The van der Waals surface area contributed by atoms with Gasteiger partial charge in [-0.25, -0.2) is 0 Å². The van der Waals surface area contributed by atoms with E-state index in [1.54, 1.807) is 18.2 Å². The molecule has 122 valence electrons. The maximum atomic E-state index is 12.2. The van der Waals surface area contributed by atoms with Crippen LogP contribution >= 0.6 is 0 Å². The third-order valence-electron chi connectivity index (χ3n) is 2.95. The van der Waals surface area contributed by atoms with Gasteiger partial charge in [0.05, 0.1) is 20.8 Å². The Labute approximate surface area is 130 Å². The van der Waals surface area contributed by atoms with Gasteiger partial charge in [0.1, 0.15) is 17.1 Å². The smallest absolute Gasteiger partial charge is 0.259 e. The minimum atomic E-state index is -0.419. The van der Waals surface area contributed by atoms with Crippen molar-refractivity contribution < 1.29 is 19.1 Å². The molecule has 1 rings (SSSR count). The summed E-state index contributed by atoms with van der Waals surface area (Å²) >= 11 is 0. The topological polar surface area (TPSA) is 79.9 Å². The lowest BCUT2D eigenvalue weighted by Crippen LogP contribution is -2.39. The summed E-state index contributed by atoms with van der Waals surface area (Å²) in [5, 5.41) is 5.28. The fourth-order valence-corrected chi connectivity index (χ4v) is 1.81. The molecule has 22 heavy (non-hydrogen) atoms. The van der Waals surface area contributed by atoms with Gasteiger partial charge in [-0.05, 0) is 26.2 Å². The van der Waals surface area contributed by atoms with Crippen LogP contribution in [-0.2, 0) is 4.79 Å². The first-order valence-electron chi connectivity index (χ1n) is 6.90. The summed E-state index contributed by atoms with van der Waals surface area (Å²) in [5.41, 5.74) is 0.272. The molecule has 0 aliphatic carbocycles. The molecule has 0 aliphatic rings. The molecule has 0 spiro atoms. The summed E-state index contributed by atoms with van der Waals surface area (Å²) in [6, 6.07) is 5.05. The second kappa shape index (κ2) is 8.89. The normalized spacial score (nSPS) is 10.2. The van der Waals surface area contributed by atoms with E-state index in [1.807, 2.05) is 19.0 Å². The largest absolute Gasteiger partial charge is 0.496 e. The minimum absolute atomic E-state index is 0.104. The number of methoxy groups -OCH3 is 2. The van der Waals surface area contributed by atoms with Crippen molar-refractivity contribution in [2.24, 2.45) is 0 Å². The lowest BCUT2D eigenvalue weighted by molar-refractivity contribution is -0.120. The Balaban J connectivity index is 2.60. The number of likely N-dealkylation sites (N-methyl/N-ethyl adjacent to an activating group) is 1. The van der Waals surface area contributed by atoms with Gasteiger partial charge in [-0.3, -0.25) is 9.59 Å². The molecule has 0 aromatic heterocycles. The summed E-state index contributed by atoms with van der Waals surface area (Å²) in [7, 11) is 6.78. The average Bonchev–Trinajstić information content (AvgIpc) is 2.51. The van der Waals surface area contributed by atoms with Gasteiger partial charge in [0.25, 0.3) is 5.91 Å². The van der Waals surface area contributed by atoms with Crippen LogP contribution in [-0.4, -0.2) is 64.7 Å². The molecule has 7 nitrogen and oxygen atoms in total. The van der Waals surface area contributed by atoms with Crippen molar-refractivity contribution in [1.29, 1.82) is 0 Å². The Morgan fingerprint density at radius 1 is 1.09 bits per heavy atom. The van der Waals surface area contributed by atoms with Crippen LogP contribution in [0.5, 0.6) is 11.5 Å². The highest BCUT2D eigenvalue weighted by molar-refractivity contribution is 6.01. The van der Waals surface area contributed by atoms with Crippen LogP contribution in [0.4, 0.5) is 0 Å². The molecule has 2 amide bonds. The molecule has 0 saturated heterocycles.